The van der Waals surface area contributed by atoms with Gasteiger partial charge in [0.15, 0.2) is 0 Å². The lowest BCUT2D eigenvalue weighted by atomic mass is 10.1. The topological polar surface area (TPSA) is 41.1 Å². The number of hydrogen-bond acceptors (Lipinski definition) is 2. The Hall–Kier alpha value is -1.06. The first kappa shape index (κ1) is 13.4. The molecule has 0 aromatic heterocycles. The Kier molecular flexibility index (Phi) is 4.25. The first-order valence-electron chi connectivity index (χ1n) is 6.43. The van der Waals surface area contributed by atoms with Gasteiger partial charge in [0.25, 0.3) is 5.91 Å². The Labute approximate surface area is 114 Å². The molecule has 1 aliphatic carbocycles. The van der Waals surface area contributed by atoms with Gasteiger partial charge in [0.1, 0.15) is 0 Å². The molecular formula is C14H19ClN2O. The average molecular weight is 267 g/mol. The predicted molar refractivity (Wildman–Crippen MR) is 73.9 cm³/mol. The van der Waals surface area contributed by atoms with E-state index in [1.54, 1.807) is 0 Å². The van der Waals surface area contributed by atoms with Gasteiger partial charge < -0.3 is 10.6 Å². The number of benzene rings is 1. The molecule has 18 heavy (non-hydrogen) atoms. The Balaban J connectivity index is 0.00000120. The number of carbonyl (C=O) groups excluding carboxylic acids is 1. The minimum Gasteiger partial charge on any atom is -0.352 e. The second-order valence-corrected chi connectivity index (χ2v) is 5.07. The number of hydrogen-bond donors (Lipinski definition) is 2. The summed E-state index contributed by atoms with van der Waals surface area (Å²) in [5, 5.41) is 6.29. The Morgan fingerprint density at radius 2 is 2.06 bits per heavy atom. The van der Waals surface area contributed by atoms with E-state index in [9.17, 15) is 4.79 Å². The SMILES string of the molecule is Cl.O=C(NCCC1CC1)c1ccc2c(c1)CNC2. The van der Waals surface area contributed by atoms with Crippen LogP contribution < -0.4 is 10.6 Å². The van der Waals surface area contributed by atoms with Crippen molar-refractivity contribution in [3.63, 3.8) is 0 Å². The molecule has 0 spiro atoms. The van der Waals surface area contributed by atoms with Crippen molar-refractivity contribution in [2.24, 2.45) is 5.92 Å². The third-order valence-electron chi connectivity index (χ3n) is 3.63. The number of amides is 1. The molecule has 1 fully saturated rings. The van der Waals surface area contributed by atoms with Crippen LogP contribution >= 0.6 is 12.4 Å². The van der Waals surface area contributed by atoms with E-state index >= 15 is 0 Å². The van der Waals surface area contributed by atoms with E-state index in [0.717, 1.165) is 37.5 Å². The van der Waals surface area contributed by atoms with Gasteiger partial charge in [-0.05, 0) is 35.6 Å². The normalized spacial score (nSPS) is 16.9. The minimum absolute atomic E-state index is 0. The van der Waals surface area contributed by atoms with Gasteiger partial charge in [-0.15, -0.1) is 12.4 Å². The summed E-state index contributed by atoms with van der Waals surface area (Å²) >= 11 is 0. The molecule has 3 nitrogen and oxygen atoms in total. The number of halogens is 1. The molecule has 1 aromatic rings. The van der Waals surface area contributed by atoms with Gasteiger partial charge in [-0.25, -0.2) is 0 Å². The molecule has 98 valence electrons. The third-order valence-corrected chi connectivity index (χ3v) is 3.63. The standard InChI is InChI=1S/C14H18N2O.ClH/c17-14(16-6-5-10-1-2-10)11-3-4-12-8-15-9-13(12)7-11;/h3-4,7,10,15H,1-2,5-6,8-9H2,(H,16,17);1H. The summed E-state index contributed by atoms with van der Waals surface area (Å²) in [6.07, 6.45) is 3.83. The van der Waals surface area contributed by atoms with Crippen molar-refractivity contribution >= 4 is 18.3 Å². The lowest BCUT2D eigenvalue weighted by Crippen LogP contribution is -2.24. The fourth-order valence-electron chi connectivity index (χ4n) is 2.33. The van der Waals surface area contributed by atoms with E-state index in [0.29, 0.717) is 0 Å². The molecule has 3 rings (SSSR count). The van der Waals surface area contributed by atoms with Crippen molar-refractivity contribution in [3.8, 4) is 0 Å². The lowest BCUT2D eigenvalue weighted by molar-refractivity contribution is 0.0952. The maximum Gasteiger partial charge on any atom is 0.251 e. The van der Waals surface area contributed by atoms with Crippen LogP contribution in [0.3, 0.4) is 0 Å². The van der Waals surface area contributed by atoms with Gasteiger partial charge >= 0.3 is 0 Å². The van der Waals surface area contributed by atoms with Crippen LogP contribution in [-0.4, -0.2) is 12.5 Å². The van der Waals surface area contributed by atoms with E-state index in [2.05, 4.69) is 16.7 Å². The quantitative estimate of drug-likeness (QED) is 0.878. The summed E-state index contributed by atoms with van der Waals surface area (Å²) in [6.45, 7) is 2.64. The molecule has 1 heterocycles. The molecule has 0 bridgehead atoms. The highest BCUT2D eigenvalue weighted by Crippen LogP contribution is 2.31. The summed E-state index contributed by atoms with van der Waals surface area (Å²) < 4.78 is 0. The molecule has 1 aromatic carbocycles. The third kappa shape index (κ3) is 3.03. The second-order valence-electron chi connectivity index (χ2n) is 5.07. The molecule has 0 radical (unpaired) electrons. The lowest BCUT2D eigenvalue weighted by Gasteiger charge is -2.06. The molecular weight excluding hydrogens is 248 g/mol. The van der Waals surface area contributed by atoms with Gasteiger partial charge in [-0.1, -0.05) is 18.9 Å². The van der Waals surface area contributed by atoms with E-state index in [1.807, 2.05) is 12.1 Å². The van der Waals surface area contributed by atoms with Crippen LogP contribution in [0.5, 0.6) is 0 Å². The summed E-state index contributed by atoms with van der Waals surface area (Å²) in [5.41, 5.74) is 3.38. The maximum atomic E-state index is 11.9. The average Bonchev–Trinajstić information content (AvgIpc) is 3.04. The van der Waals surface area contributed by atoms with Crippen LogP contribution in [0.2, 0.25) is 0 Å². The smallest absolute Gasteiger partial charge is 0.251 e. The number of carbonyl (C=O) groups is 1. The van der Waals surface area contributed by atoms with Crippen LogP contribution in [0.15, 0.2) is 18.2 Å². The van der Waals surface area contributed by atoms with Crippen molar-refractivity contribution in [1.82, 2.24) is 10.6 Å². The van der Waals surface area contributed by atoms with Crippen LogP contribution in [0.4, 0.5) is 0 Å². The van der Waals surface area contributed by atoms with Crippen molar-refractivity contribution < 1.29 is 4.79 Å². The van der Waals surface area contributed by atoms with Crippen molar-refractivity contribution in [2.45, 2.75) is 32.4 Å². The van der Waals surface area contributed by atoms with E-state index < -0.39 is 0 Å². The Morgan fingerprint density at radius 3 is 2.83 bits per heavy atom. The first-order chi connectivity index (χ1) is 8.33. The monoisotopic (exact) mass is 266 g/mol. The summed E-state index contributed by atoms with van der Waals surface area (Å²) in [4.78, 5) is 11.9. The molecule has 0 saturated heterocycles. The molecule has 1 amide bonds. The highest BCUT2D eigenvalue weighted by atomic mass is 35.5. The van der Waals surface area contributed by atoms with Crippen molar-refractivity contribution in [3.05, 3.63) is 34.9 Å². The number of fused-ring (bicyclic) bond motifs is 1. The van der Waals surface area contributed by atoms with Gasteiger partial charge in [0, 0.05) is 25.2 Å². The zero-order valence-corrected chi connectivity index (χ0v) is 11.2. The van der Waals surface area contributed by atoms with E-state index in [1.165, 1.54) is 24.0 Å². The predicted octanol–water partition coefficient (Wildman–Crippen LogP) is 2.24. The van der Waals surface area contributed by atoms with E-state index in [-0.39, 0.29) is 18.3 Å². The van der Waals surface area contributed by atoms with Crippen molar-refractivity contribution in [1.29, 1.82) is 0 Å². The fraction of sp³-hybridized carbons (Fsp3) is 0.500. The minimum atomic E-state index is 0. The Bertz CT molecular complexity index is 443. The summed E-state index contributed by atoms with van der Waals surface area (Å²) in [7, 11) is 0. The summed E-state index contributed by atoms with van der Waals surface area (Å²) in [5.74, 6) is 0.944. The molecule has 1 aliphatic heterocycles. The van der Waals surface area contributed by atoms with Crippen LogP contribution in [0, 0.1) is 5.92 Å². The number of nitrogens with one attached hydrogen (secondary N) is 2. The van der Waals surface area contributed by atoms with Gasteiger partial charge in [-0.2, -0.15) is 0 Å². The van der Waals surface area contributed by atoms with Gasteiger partial charge in [0.05, 0.1) is 0 Å². The Morgan fingerprint density at radius 1 is 1.28 bits per heavy atom. The molecule has 0 atom stereocenters. The zero-order chi connectivity index (χ0) is 11.7. The zero-order valence-electron chi connectivity index (χ0n) is 10.4. The fourth-order valence-corrected chi connectivity index (χ4v) is 2.33. The largest absolute Gasteiger partial charge is 0.352 e. The molecule has 2 aliphatic rings. The molecule has 4 heteroatoms. The van der Waals surface area contributed by atoms with Crippen LogP contribution in [0.25, 0.3) is 0 Å². The highest BCUT2D eigenvalue weighted by Gasteiger charge is 2.20. The van der Waals surface area contributed by atoms with Gasteiger partial charge in [-0.3, -0.25) is 4.79 Å². The molecule has 1 saturated carbocycles. The van der Waals surface area contributed by atoms with Crippen molar-refractivity contribution in [2.75, 3.05) is 6.54 Å². The highest BCUT2D eigenvalue weighted by molar-refractivity contribution is 5.94. The van der Waals surface area contributed by atoms with E-state index in [4.69, 9.17) is 0 Å². The second kappa shape index (κ2) is 5.72. The summed E-state index contributed by atoms with van der Waals surface area (Å²) in [6, 6.07) is 6.01. The number of rotatable bonds is 4. The molecule has 0 unspecified atom stereocenters. The van der Waals surface area contributed by atoms with Gasteiger partial charge in [0.2, 0.25) is 0 Å². The molecule has 2 N–H and O–H groups in total. The van der Waals surface area contributed by atoms with Crippen LogP contribution in [0.1, 0.15) is 40.7 Å². The maximum absolute atomic E-state index is 11.9. The first-order valence-corrected chi connectivity index (χ1v) is 6.43. The van der Waals surface area contributed by atoms with Crippen LogP contribution in [-0.2, 0) is 13.1 Å².